The first-order valence-corrected chi connectivity index (χ1v) is 9.29. The van der Waals surface area contributed by atoms with E-state index in [2.05, 4.69) is 4.72 Å². The van der Waals surface area contributed by atoms with Gasteiger partial charge in [0, 0.05) is 6.04 Å². The molecule has 3 rings (SSSR count). The Hall–Kier alpha value is -1.40. The van der Waals surface area contributed by atoms with E-state index >= 15 is 0 Å². The van der Waals surface area contributed by atoms with Gasteiger partial charge in [-0.25, -0.2) is 13.1 Å². The Labute approximate surface area is 130 Å². The van der Waals surface area contributed by atoms with Gasteiger partial charge in [0.25, 0.3) is 0 Å². The molecule has 2 saturated carbocycles. The molecule has 0 bridgehead atoms. The van der Waals surface area contributed by atoms with E-state index < -0.39 is 16.0 Å². The summed E-state index contributed by atoms with van der Waals surface area (Å²) in [6.45, 7) is 0. The van der Waals surface area contributed by atoms with Gasteiger partial charge in [0.2, 0.25) is 10.0 Å². The van der Waals surface area contributed by atoms with Crippen molar-refractivity contribution in [1.29, 1.82) is 0 Å². The molecule has 0 aromatic heterocycles. The minimum atomic E-state index is -3.52. The Morgan fingerprint density at radius 3 is 2.09 bits per heavy atom. The number of carbonyl (C=O) groups is 1. The molecule has 2 aliphatic carbocycles. The quantitative estimate of drug-likeness (QED) is 0.872. The van der Waals surface area contributed by atoms with E-state index in [1.54, 1.807) is 12.1 Å². The van der Waals surface area contributed by atoms with Crippen LogP contribution in [0.3, 0.4) is 0 Å². The maximum Gasteiger partial charge on any atom is 0.306 e. The maximum absolute atomic E-state index is 12.4. The molecule has 2 fully saturated rings. The number of carboxylic acids is 1. The normalized spacial score (nSPS) is 25.8. The highest BCUT2D eigenvalue weighted by atomic mass is 32.2. The molecule has 5 nitrogen and oxygen atoms in total. The molecule has 0 unspecified atom stereocenters. The van der Waals surface area contributed by atoms with Gasteiger partial charge in [0.1, 0.15) is 0 Å². The lowest BCUT2D eigenvalue weighted by Crippen LogP contribution is -2.38. The largest absolute Gasteiger partial charge is 0.481 e. The van der Waals surface area contributed by atoms with Crippen molar-refractivity contribution in [2.24, 2.45) is 5.92 Å². The molecule has 120 valence electrons. The predicted octanol–water partition coefficient (Wildman–Crippen LogP) is 2.49. The van der Waals surface area contributed by atoms with Gasteiger partial charge >= 0.3 is 5.97 Å². The average Bonchev–Trinajstić information content (AvgIpc) is 3.32. The van der Waals surface area contributed by atoms with E-state index in [0.717, 1.165) is 0 Å². The number of hydrogen-bond donors (Lipinski definition) is 2. The van der Waals surface area contributed by atoms with Crippen molar-refractivity contribution >= 4 is 16.0 Å². The fourth-order valence-corrected chi connectivity index (χ4v) is 4.39. The monoisotopic (exact) mass is 323 g/mol. The first-order valence-electron chi connectivity index (χ1n) is 7.81. The van der Waals surface area contributed by atoms with E-state index in [4.69, 9.17) is 5.11 Å². The summed E-state index contributed by atoms with van der Waals surface area (Å²) >= 11 is 0. The number of benzene rings is 1. The van der Waals surface area contributed by atoms with Crippen LogP contribution in [-0.2, 0) is 14.8 Å². The molecule has 0 aliphatic heterocycles. The number of nitrogens with one attached hydrogen (secondary N) is 1. The van der Waals surface area contributed by atoms with Crippen LogP contribution in [0, 0.1) is 5.92 Å². The lowest BCUT2D eigenvalue weighted by molar-refractivity contribution is -0.142. The predicted molar refractivity (Wildman–Crippen MR) is 82.1 cm³/mol. The fraction of sp³-hybridized carbons (Fsp3) is 0.562. The minimum Gasteiger partial charge on any atom is -0.481 e. The van der Waals surface area contributed by atoms with Crippen LogP contribution in [-0.4, -0.2) is 25.5 Å². The van der Waals surface area contributed by atoms with Crippen LogP contribution < -0.4 is 4.72 Å². The van der Waals surface area contributed by atoms with Crippen LogP contribution in [0.5, 0.6) is 0 Å². The summed E-state index contributed by atoms with van der Waals surface area (Å²) in [5.41, 5.74) is 1.21. The van der Waals surface area contributed by atoms with Gasteiger partial charge in [-0.1, -0.05) is 12.1 Å². The molecular weight excluding hydrogens is 302 g/mol. The van der Waals surface area contributed by atoms with Crippen molar-refractivity contribution in [1.82, 2.24) is 4.72 Å². The molecule has 2 aliphatic rings. The Balaban J connectivity index is 1.62. The number of sulfonamides is 1. The highest BCUT2D eigenvalue weighted by molar-refractivity contribution is 7.89. The second kappa shape index (κ2) is 6.01. The summed E-state index contributed by atoms with van der Waals surface area (Å²) in [6, 6.07) is 6.96. The molecule has 1 aromatic rings. The molecule has 6 heteroatoms. The smallest absolute Gasteiger partial charge is 0.306 e. The molecule has 0 saturated heterocycles. The van der Waals surface area contributed by atoms with Gasteiger partial charge in [-0.05, 0) is 62.1 Å². The van der Waals surface area contributed by atoms with Crippen molar-refractivity contribution in [3.63, 3.8) is 0 Å². The van der Waals surface area contributed by atoms with Gasteiger partial charge in [-0.15, -0.1) is 0 Å². The van der Waals surface area contributed by atoms with E-state index in [9.17, 15) is 13.2 Å². The first kappa shape index (κ1) is 15.5. The van der Waals surface area contributed by atoms with Crippen molar-refractivity contribution in [3.05, 3.63) is 29.8 Å². The van der Waals surface area contributed by atoms with Gasteiger partial charge < -0.3 is 5.11 Å². The van der Waals surface area contributed by atoms with E-state index in [1.165, 1.54) is 18.4 Å². The number of aliphatic carboxylic acids is 1. The summed E-state index contributed by atoms with van der Waals surface area (Å²) in [6.07, 6.45) is 4.60. The molecule has 2 N–H and O–H groups in total. The highest BCUT2D eigenvalue weighted by Gasteiger charge is 2.29. The first-order chi connectivity index (χ1) is 10.5. The van der Waals surface area contributed by atoms with Gasteiger partial charge in [-0.2, -0.15) is 0 Å². The van der Waals surface area contributed by atoms with E-state index in [1.807, 2.05) is 12.1 Å². The zero-order valence-corrected chi connectivity index (χ0v) is 13.2. The fourth-order valence-electron chi connectivity index (χ4n) is 3.08. The molecular formula is C16H21NO4S. The zero-order chi connectivity index (χ0) is 15.7. The van der Waals surface area contributed by atoms with Gasteiger partial charge in [0.15, 0.2) is 0 Å². The minimum absolute atomic E-state index is 0.163. The van der Waals surface area contributed by atoms with Crippen molar-refractivity contribution < 1.29 is 18.3 Å². The Bertz CT molecular complexity index is 641. The molecule has 0 amide bonds. The average molecular weight is 323 g/mol. The Morgan fingerprint density at radius 2 is 1.59 bits per heavy atom. The second-order valence-electron chi connectivity index (χ2n) is 6.35. The summed E-state index contributed by atoms with van der Waals surface area (Å²) in [7, 11) is -3.52. The third kappa shape index (κ3) is 3.50. The molecule has 0 atom stereocenters. The van der Waals surface area contributed by atoms with Crippen LogP contribution in [0.1, 0.15) is 50.0 Å². The van der Waals surface area contributed by atoms with Crippen molar-refractivity contribution in [2.45, 2.75) is 55.4 Å². The number of hydrogen-bond acceptors (Lipinski definition) is 3. The van der Waals surface area contributed by atoms with Crippen LogP contribution in [0.15, 0.2) is 29.2 Å². The lowest BCUT2D eigenvalue weighted by atomic mass is 9.87. The summed E-state index contributed by atoms with van der Waals surface area (Å²) in [4.78, 5) is 11.2. The summed E-state index contributed by atoms with van der Waals surface area (Å²) < 4.78 is 27.5. The standard InChI is InChI=1S/C16H21NO4S/c18-16(19)13-3-7-14(8-4-13)17-22(20,21)15-9-5-12(6-10-15)11-1-2-11/h5-6,9-11,13-14,17H,1-4,7-8H2,(H,18,19). The van der Waals surface area contributed by atoms with Crippen LogP contribution in [0.25, 0.3) is 0 Å². The zero-order valence-electron chi connectivity index (χ0n) is 12.4. The Kier molecular flexibility index (Phi) is 4.23. The molecule has 0 heterocycles. The van der Waals surface area contributed by atoms with Gasteiger partial charge in [-0.3, -0.25) is 4.79 Å². The summed E-state index contributed by atoms with van der Waals surface area (Å²) in [5, 5.41) is 8.97. The Morgan fingerprint density at radius 1 is 1.00 bits per heavy atom. The second-order valence-corrected chi connectivity index (χ2v) is 8.07. The van der Waals surface area contributed by atoms with Crippen molar-refractivity contribution in [3.8, 4) is 0 Å². The van der Waals surface area contributed by atoms with Crippen LogP contribution in [0.4, 0.5) is 0 Å². The third-order valence-electron chi connectivity index (χ3n) is 4.64. The number of carboxylic acid groups (broad SMARTS) is 1. The van der Waals surface area contributed by atoms with Gasteiger partial charge in [0.05, 0.1) is 10.8 Å². The highest BCUT2D eigenvalue weighted by Crippen LogP contribution is 2.40. The van der Waals surface area contributed by atoms with Crippen LogP contribution in [0.2, 0.25) is 0 Å². The SMILES string of the molecule is O=C(O)C1CCC(NS(=O)(=O)c2ccc(C3CC3)cc2)CC1. The summed E-state index contributed by atoms with van der Waals surface area (Å²) in [5.74, 6) is -0.508. The molecule has 0 radical (unpaired) electrons. The van der Waals surface area contributed by atoms with Crippen molar-refractivity contribution in [2.75, 3.05) is 0 Å². The molecule has 0 spiro atoms. The molecule has 22 heavy (non-hydrogen) atoms. The third-order valence-corrected chi connectivity index (χ3v) is 6.17. The van der Waals surface area contributed by atoms with E-state index in [0.29, 0.717) is 31.6 Å². The number of rotatable bonds is 5. The molecule has 1 aromatic carbocycles. The maximum atomic E-state index is 12.4. The van der Waals surface area contributed by atoms with E-state index in [-0.39, 0.29) is 16.9 Å². The van der Waals surface area contributed by atoms with Crippen LogP contribution >= 0.6 is 0 Å². The lowest BCUT2D eigenvalue weighted by Gasteiger charge is -2.26. The topological polar surface area (TPSA) is 83.5 Å².